The number of aromatic nitrogens is 1. The second kappa shape index (κ2) is 11.7. The number of para-hydroxylation sites is 1. The molecule has 0 saturated heterocycles. The number of rotatable bonds is 7. The Labute approximate surface area is 258 Å². The molecule has 9 nitrogen and oxygen atoms in total. The molecule has 210 valence electrons. The Hall–Kier alpha value is -4.55. The van der Waals surface area contributed by atoms with E-state index in [0.717, 1.165) is 20.0 Å². The lowest BCUT2D eigenvalue weighted by molar-refractivity contribution is 0.0729. The highest BCUT2D eigenvalue weighted by atomic mass is 127. The van der Waals surface area contributed by atoms with Crippen LogP contribution in [-0.4, -0.2) is 37.0 Å². The summed E-state index contributed by atoms with van der Waals surface area (Å²) in [6.07, 6.45) is 1.46. The number of ether oxygens (including phenoxy) is 4. The number of carbonyl (C=O) groups is 2. The first-order valence-electron chi connectivity index (χ1n) is 12.6. The first-order valence-corrected chi connectivity index (χ1v) is 14.1. The van der Waals surface area contributed by atoms with E-state index < -0.39 is 11.9 Å². The zero-order chi connectivity index (χ0) is 29.2. The first-order chi connectivity index (χ1) is 20.4. The van der Waals surface area contributed by atoms with Crippen molar-refractivity contribution >= 4 is 63.2 Å². The zero-order valence-electron chi connectivity index (χ0n) is 21.9. The van der Waals surface area contributed by atoms with E-state index in [2.05, 4.69) is 38.1 Å². The van der Waals surface area contributed by atoms with Crippen molar-refractivity contribution in [2.45, 2.75) is 0 Å². The van der Waals surface area contributed by atoms with Crippen molar-refractivity contribution in [3.05, 3.63) is 104 Å². The smallest absolute Gasteiger partial charge is 0.343 e. The van der Waals surface area contributed by atoms with Crippen LogP contribution in [0.2, 0.25) is 5.02 Å². The number of carbonyl (C=O) groups excluding carboxylic acids is 2. The molecule has 11 heteroatoms. The lowest BCUT2D eigenvalue weighted by Gasteiger charge is -2.10. The molecule has 1 aliphatic heterocycles. The zero-order valence-corrected chi connectivity index (χ0v) is 24.9. The molecule has 4 aromatic carbocycles. The molecule has 0 saturated carbocycles. The van der Waals surface area contributed by atoms with Crippen LogP contribution in [0.4, 0.5) is 0 Å². The maximum Gasteiger partial charge on any atom is 0.343 e. The molecule has 42 heavy (non-hydrogen) atoms. The Kier molecular flexibility index (Phi) is 7.72. The van der Waals surface area contributed by atoms with Crippen LogP contribution in [0.5, 0.6) is 23.0 Å². The SMILES string of the molecule is COc1cc(C=NNC(=O)c2[nH]c3c(I)cccc3c2-c2ccccc2Cl)ccc1OC(=O)c1ccc2c(c1)OCO2. The van der Waals surface area contributed by atoms with Crippen LogP contribution in [0.3, 0.4) is 0 Å². The first kappa shape index (κ1) is 27.6. The van der Waals surface area contributed by atoms with Crippen LogP contribution in [0.15, 0.2) is 84.0 Å². The third kappa shape index (κ3) is 5.38. The van der Waals surface area contributed by atoms with Gasteiger partial charge in [-0.1, -0.05) is 41.9 Å². The molecular formula is C31H21ClIN3O6. The van der Waals surface area contributed by atoms with Crippen LogP contribution >= 0.6 is 34.2 Å². The van der Waals surface area contributed by atoms with Crippen molar-refractivity contribution in [1.29, 1.82) is 0 Å². The maximum atomic E-state index is 13.3. The van der Waals surface area contributed by atoms with E-state index in [1.807, 2.05) is 36.4 Å². The topological polar surface area (TPSA) is 111 Å². The fraction of sp³-hybridized carbons (Fsp3) is 0.0645. The minimum Gasteiger partial charge on any atom is -0.493 e. The Morgan fingerprint density at radius 2 is 1.83 bits per heavy atom. The molecule has 1 aromatic heterocycles. The van der Waals surface area contributed by atoms with Crippen molar-refractivity contribution < 1.29 is 28.5 Å². The molecule has 2 N–H and O–H groups in total. The van der Waals surface area contributed by atoms with Gasteiger partial charge in [0, 0.05) is 25.1 Å². The number of fused-ring (bicyclic) bond motifs is 2. The van der Waals surface area contributed by atoms with Gasteiger partial charge in [0.2, 0.25) is 6.79 Å². The summed E-state index contributed by atoms with van der Waals surface area (Å²) in [7, 11) is 1.46. The number of hydrogen-bond donors (Lipinski definition) is 2. The van der Waals surface area contributed by atoms with Gasteiger partial charge in [-0.25, -0.2) is 10.2 Å². The number of halogens is 2. The molecule has 0 radical (unpaired) electrons. The summed E-state index contributed by atoms with van der Waals surface area (Å²) in [6, 6.07) is 22.9. The summed E-state index contributed by atoms with van der Waals surface area (Å²) in [5.41, 5.74) is 6.09. The monoisotopic (exact) mass is 693 g/mol. The third-order valence-corrected chi connectivity index (χ3v) is 7.76. The third-order valence-electron chi connectivity index (χ3n) is 6.53. The fourth-order valence-electron chi connectivity index (χ4n) is 4.55. The van der Waals surface area contributed by atoms with Crippen molar-refractivity contribution in [1.82, 2.24) is 10.4 Å². The van der Waals surface area contributed by atoms with E-state index in [1.165, 1.54) is 13.3 Å². The van der Waals surface area contributed by atoms with Crippen LogP contribution in [0.25, 0.3) is 22.0 Å². The lowest BCUT2D eigenvalue weighted by atomic mass is 10.0. The van der Waals surface area contributed by atoms with Gasteiger partial charge in [0.1, 0.15) is 5.69 Å². The average molecular weight is 694 g/mol. The van der Waals surface area contributed by atoms with Crippen LogP contribution < -0.4 is 24.4 Å². The standard InChI is InChI=1S/C31H21ClIN3O6/c1-39-25-13-17(9-11-24(25)42-31(38)18-10-12-23-26(14-18)41-16-40-23)15-34-36-30(37)29-27(19-5-2-3-7-21(19)32)20-6-4-8-22(33)28(20)35-29/h2-15,35H,16H2,1H3,(H,36,37). The van der Waals surface area contributed by atoms with Gasteiger partial charge in [0.05, 0.1) is 24.4 Å². The molecule has 0 aliphatic carbocycles. The summed E-state index contributed by atoms with van der Waals surface area (Å²) >= 11 is 8.74. The fourth-order valence-corrected chi connectivity index (χ4v) is 5.41. The van der Waals surface area contributed by atoms with Crippen molar-refractivity contribution in [3.63, 3.8) is 0 Å². The van der Waals surface area contributed by atoms with Crippen molar-refractivity contribution in [2.24, 2.45) is 5.10 Å². The van der Waals surface area contributed by atoms with Crippen LogP contribution in [0, 0.1) is 3.57 Å². The minimum atomic E-state index is -0.581. The van der Waals surface area contributed by atoms with Gasteiger partial charge >= 0.3 is 5.97 Å². The highest BCUT2D eigenvalue weighted by Crippen LogP contribution is 2.38. The molecule has 2 heterocycles. The van der Waals surface area contributed by atoms with E-state index in [1.54, 1.807) is 42.5 Å². The van der Waals surface area contributed by atoms with E-state index in [-0.39, 0.29) is 12.5 Å². The molecule has 0 fully saturated rings. The van der Waals surface area contributed by atoms with Crippen LogP contribution in [0.1, 0.15) is 26.4 Å². The highest BCUT2D eigenvalue weighted by molar-refractivity contribution is 14.1. The van der Waals surface area contributed by atoms with E-state index in [0.29, 0.717) is 44.7 Å². The quantitative estimate of drug-likeness (QED) is 0.0637. The number of hydrazone groups is 1. The molecular weight excluding hydrogens is 673 g/mol. The predicted octanol–water partition coefficient (Wildman–Crippen LogP) is 6.81. The summed E-state index contributed by atoms with van der Waals surface area (Å²) < 4.78 is 22.6. The van der Waals surface area contributed by atoms with Gasteiger partial charge < -0.3 is 23.9 Å². The second-order valence-electron chi connectivity index (χ2n) is 9.08. The normalized spacial score (nSPS) is 12.1. The summed E-state index contributed by atoms with van der Waals surface area (Å²) in [5, 5.41) is 5.55. The molecule has 0 spiro atoms. The molecule has 5 aromatic rings. The Balaban J connectivity index is 1.21. The van der Waals surface area contributed by atoms with E-state index >= 15 is 0 Å². The molecule has 1 aliphatic rings. The van der Waals surface area contributed by atoms with Gasteiger partial charge in [-0.2, -0.15) is 5.10 Å². The Morgan fingerprint density at radius 3 is 2.67 bits per heavy atom. The van der Waals surface area contributed by atoms with Crippen molar-refractivity contribution in [2.75, 3.05) is 13.9 Å². The van der Waals surface area contributed by atoms with Gasteiger partial charge in [-0.15, -0.1) is 0 Å². The summed E-state index contributed by atoms with van der Waals surface area (Å²) in [6.45, 7) is 0.106. The molecule has 0 atom stereocenters. The Morgan fingerprint density at radius 1 is 1.00 bits per heavy atom. The number of H-pyrrole nitrogens is 1. The number of nitrogens with one attached hydrogen (secondary N) is 2. The molecule has 0 bridgehead atoms. The molecule has 1 amide bonds. The van der Waals surface area contributed by atoms with Gasteiger partial charge in [0.25, 0.3) is 5.91 Å². The highest BCUT2D eigenvalue weighted by Gasteiger charge is 2.22. The number of hydrogen-bond acceptors (Lipinski definition) is 7. The average Bonchev–Trinajstić information content (AvgIpc) is 3.63. The number of nitrogens with zero attached hydrogens (tertiary/aromatic N) is 1. The summed E-state index contributed by atoms with van der Waals surface area (Å²) in [4.78, 5) is 29.3. The van der Waals surface area contributed by atoms with Gasteiger partial charge in [-0.3, -0.25) is 4.79 Å². The number of aromatic amines is 1. The van der Waals surface area contributed by atoms with Gasteiger partial charge in [0.15, 0.2) is 23.0 Å². The Bertz CT molecular complexity index is 1890. The minimum absolute atomic E-state index is 0.106. The molecule has 6 rings (SSSR count). The number of methoxy groups -OCH3 is 1. The number of esters is 1. The van der Waals surface area contributed by atoms with Gasteiger partial charge in [-0.05, 0) is 76.7 Å². The van der Waals surface area contributed by atoms with Crippen molar-refractivity contribution in [3.8, 4) is 34.1 Å². The van der Waals surface area contributed by atoms with E-state index in [4.69, 9.17) is 30.5 Å². The number of amides is 1. The molecule has 0 unspecified atom stereocenters. The number of benzene rings is 4. The van der Waals surface area contributed by atoms with E-state index in [9.17, 15) is 9.59 Å². The lowest BCUT2D eigenvalue weighted by Crippen LogP contribution is -2.19. The maximum absolute atomic E-state index is 13.3. The predicted molar refractivity (Wildman–Crippen MR) is 167 cm³/mol. The largest absolute Gasteiger partial charge is 0.493 e. The second-order valence-corrected chi connectivity index (χ2v) is 10.7. The van der Waals surface area contributed by atoms with Crippen LogP contribution in [-0.2, 0) is 0 Å². The summed E-state index contributed by atoms with van der Waals surface area (Å²) in [5.74, 6) is 0.562.